The summed E-state index contributed by atoms with van der Waals surface area (Å²) in [7, 11) is 0. The molecule has 0 spiro atoms. The second-order valence-corrected chi connectivity index (χ2v) is 6.28. The van der Waals surface area contributed by atoms with Crippen LogP contribution >= 0.6 is 0 Å². The number of nitrogens with zero attached hydrogens (tertiary/aromatic N) is 2. The molecule has 116 valence electrons. The third-order valence-corrected chi connectivity index (χ3v) is 4.58. The highest BCUT2D eigenvalue weighted by molar-refractivity contribution is 5.49. The van der Waals surface area contributed by atoms with Crippen LogP contribution < -0.4 is 10.2 Å². The van der Waals surface area contributed by atoms with E-state index in [1.54, 1.807) is 0 Å². The summed E-state index contributed by atoms with van der Waals surface area (Å²) in [5.74, 6) is 0. The summed E-state index contributed by atoms with van der Waals surface area (Å²) in [4.78, 5) is 5.05. The monoisotopic (exact) mass is 289 g/mol. The second-order valence-electron chi connectivity index (χ2n) is 6.28. The van der Waals surface area contributed by atoms with E-state index in [4.69, 9.17) is 4.74 Å². The number of anilines is 1. The van der Waals surface area contributed by atoms with Crippen LogP contribution in [0.25, 0.3) is 0 Å². The number of hydrogen-bond donors (Lipinski definition) is 1. The number of benzene rings is 1. The van der Waals surface area contributed by atoms with Gasteiger partial charge in [-0.2, -0.15) is 0 Å². The van der Waals surface area contributed by atoms with Gasteiger partial charge in [0.25, 0.3) is 0 Å². The molecule has 3 rings (SSSR count). The van der Waals surface area contributed by atoms with E-state index < -0.39 is 0 Å². The molecule has 1 unspecified atom stereocenters. The molecule has 0 radical (unpaired) electrons. The van der Waals surface area contributed by atoms with Crippen LogP contribution in [0.3, 0.4) is 0 Å². The van der Waals surface area contributed by atoms with Gasteiger partial charge in [0.2, 0.25) is 0 Å². The summed E-state index contributed by atoms with van der Waals surface area (Å²) >= 11 is 0. The number of nitrogens with one attached hydrogen (secondary N) is 1. The zero-order chi connectivity index (χ0) is 14.7. The van der Waals surface area contributed by atoms with Crippen molar-refractivity contribution >= 4 is 5.69 Å². The Labute approximate surface area is 128 Å². The third-order valence-electron chi connectivity index (χ3n) is 4.58. The van der Waals surface area contributed by atoms with E-state index in [-0.39, 0.29) is 6.10 Å². The van der Waals surface area contributed by atoms with Gasteiger partial charge in [-0.05, 0) is 31.5 Å². The Kier molecular flexibility index (Phi) is 4.78. The topological polar surface area (TPSA) is 27.7 Å². The number of ether oxygens (including phenoxy) is 1. The van der Waals surface area contributed by atoms with Gasteiger partial charge in [0.15, 0.2) is 0 Å². The van der Waals surface area contributed by atoms with Crippen molar-refractivity contribution in [3.8, 4) is 0 Å². The van der Waals surface area contributed by atoms with Gasteiger partial charge in [-0.3, -0.25) is 4.90 Å². The lowest BCUT2D eigenvalue weighted by molar-refractivity contribution is 0.0277. The summed E-state index contributed by atoms with van der Waals surface area (Å²) in [5, 5.41) is 3.41. The molecule has 0 aliphatic carbocycles. The van der Waals surface area contributed by atoms with E-state index in [0.29, 0.717) is 6.04 Å². The fraction of sp³-hybridized carbons (Fsp3) is 0.647. The van der Waals surface area contributed by atoms with Gasteiger partial charge < -0.3 is 15.0 Å². The van der Waals surface area contributed by atoms with Crippen molar-refractivity contribution in [2.24, 2.45) is 0 Å². The fourth-order valence-electron chi connectivity index (χ4n) is 3.20. The average Bonchev–Trinajstić information content (AvgIpc) is 2.56. The molecular weight excluding hydrogens is 262 g/mol. The van der Waals surface area contributed by atoms with Crippen LogP contribution in [-0.2, 0) is 4.74 Å². The zero-order valence-electron chi connectivity index (χ0n) is 13.2. The lowest BCUT2D eigenvalue weighted by Crippen LogP contribution is -2.48. The molecule has 2 aliphatic heterocycles. The maximum absolute atomic E-state index is 5.87. The molecule has 1 atom stereocenters. The molecule has 4 heteroatoms. The first kappa shape index (κ1) is 14.8. The Morgan fingerprint density at radius 1 is 1.19 bits per heavy atom. The summed E-state index contributed by atoms with van der Waals surface area (Å²) in [5.41, 5.74) is 2.64. The molecule has 1 aromatic carbocycles. The quantitative estimate of drug-likeness (QED) is 0.919. The van der Waals surface area contributed by atoms with Crippen molar-refractivity contribution < 1.29 is 4.74 Å². The molecule has 4 nitrogen and oxygen atoms in total. The van der Waals surface area contributed by atoms with Crippen LogP contribution in [0.15, 0.2) is 24.3 Å². The van der Waals surface area contributed by atoms with Gasteiger partial charge in [-0.25, -0.2) is 0 Å². The van der Waals surface area contributed by atoms with Gasteiger partial charge in [0, 0.05) is 51.0 Å². The number of morpholine rings is 1. The molecule has 1 aromatic rings. The first-order chi connectivity index (χ1) is 10.2. The number of hydrogen-bond acceptors (Lipinski definition) is 4. The minimum atomic E-state index is 0.204. The average molecular weight is 289 g/mol. The minimum Gasteiger partial charge on any atom is -0.371 e. The zero-order valence-corrected chi connectivity index (χ0v) is 13.2. The molecule has 0 aromatic heterocycles. The molecule has 0 bridgehead atoms. The maximum atomic E-state index is 5.87. The fourth-order valence-corrected chi connectivity index (χ4v) is 3.20. The Morgan fingerprint density at radius 2 is 2.00 bits per heavy atom. The predicted octanol–water partition coefficient (Wildman–Crippen LogP) is 1.88. The maximum Gasteiger partial charge on any atom is 0.0950 e. The van der Waals surface area contributed by atoms with Crippen molar-refractivity contribution in [3.63, 3.8) is 0 Å². The molecule has 0 amide bonds. The molecule has 2 saturated heterocycles. The Bertz CT molecular complexity index is 449. The van der Waals surface area contributed by atoms with Crippen molar-refractivity contribution in [1.82, 2.24) is 10.2 Å². The highest BCUT2D eigenvalue weighted by Crippen LogP contribution is 2.25. The summed E-state index contributed by atoms with van der Waals surface area (Å²) in [6.07, 6.45) is 0.204. The number of piperazine rings is 1. The van der Waals surface area contributed by atoms with Crippen LogP contribution in [0.5, 0.6) is 0 Å². The van der Waals surface area contributed by atoms with Gasteiger partial charge in [0.05, 0.1) is 12.7 Å². The Hall–Kier alpha value is -1.10. The van der Waals surface area contributed by atoms with Crippen molar-refractivity contribution in [2.45, 2.75) is 26.0 Å². The highest BCUT2D eigenvalue weighted by atomic mass is 16.5. The summed E-state index contributed by atoms with van der Waals surface area (Å²) in [6.45, 7) is 11.8. The molecule has 2 aliphatic rings. The van der Waals surface area contributed by atoms with Crippen LogP contribution in [0, 0.1) is 0 Å². The standard InChI is InChI=1S/C17H27N3O/c1-14(2)19-7-9-20(10-8-19)16-5-3-4-15(12-16)17-13-18-6-11-21-17/h3-5,12,14,17-18H,6-11,13H2,1-2H3. The SMILES string of the molecule is CC(C)N1CCN(c2cccc(C3CNCCO3)c2)CC1. The molecular formula is C17H27N3O. The Balaban J connectivity index is 1.66. The first-order valence-corrected chi connectivity index (χ1v) is 8.15. The minimum absolute atomic E-state index is 0.204. The van der Waals surface area contributed by atoms with Crippen LogP contribution in [0.2, 0.25) is 0 Å². The molecule has 2 fully saturated rings. The molecule has 2 heterocycles. The third kappa shape index (κ3) is 3.57. The van der Waals surface area contributed by atoms with E-state index in [9.17, 15) is 0 Å². The molecule has 1 N–H and O–H groups in total. The first-order valence-electron chi connectivity index (χ1n) is 8.15. The van der Waals surface area contributed by atoms with Crippen molar-refractivity contribution in [2.75, 3.05) is 50.8 Å². The van der Waals surface area contributed by atoms with Gasteiger partial charge in [-0.1, -0.05) is 12.1 Å². The normalized spacial score (nSPS) is 24.5. The van der Waals surface area contributed by atoms with Gasteiger partial charge >= 0.3 is 0 Å². The summed E-state index contributed by atoms with van der Waals surface area (Å²) < 4.78 is 5.87. The highest BCUT2D eigenvalue weighted by Gasteiger charge is 2.20. The largest absolute Gasteiger partial charge is 0.371 e. The van der Waals surface area contributed by atoms with Crippen LogP contribution in [0.1, 0.15) is 25.5 Å². The lowest BCUT2D eigenvalue weighted by atomic mass is 10.1. The van der Waals surface area contributed by atoms with E-state index in [2.05, 4.69) is 53.2 Å². The van der Waals surface area contributed by atoms with E-state index in [1.165, 1.54) is 11.3 Å². The van der Waals surface area contributed by atoms with Gasteiger partial charge in [0.1, 0.15) is 0 Å². The van der Waals surface area contributed by atoms with Crippen molar-refractivity contribution in [3.05, 3.63) is 29.8 Å². The van der Waals surface area contributed by atoms with Crippen LogP contribution in [-0.4, -0.2) is 56.8 Å². The van der Waals surface area contributed by atoms with E-state index in [0.717, 1.165) is 45.9 Å². The summed E-state index contributed by atoms with van der Waals surface area (Å²) in [6, 6.07) is 9.54. The number of rotatable bonds is 3. The smallest absolute Gasteiger partial charge is 0.0950 e. The molecule has 21 heavy (non-hydrogen) atoms. The Morgan fingerprint density at radius 3 is 2.67 bits per heavy atom. The van der Waals surface area contributed by atoms with Crippen molar-refractivity contribution in [1.29, 1.82) is 0 Å². The van der Waals surface area contributed by atoms with E-state index in [1.807, 2.05) is 0 Å². The predicted molar refractivity (Wildman–Crippen MR) is 86.9 cm³/mol. The molecule has 0 saturated carbocycles. The van der Waals surface area contributed by atoms with E-state index >= 15 is 0 Å². The van der Waals surface area contributed by atoms with Crippen LogP contribution in [0.4, 0.5) is 5.69 Å². The second kappa shape index (κ2) is 6.77. The lowest BCUT2D eigenvalue weighted by Gasteiger charge is -2.38. The van der Waals surface area contributed by atoms with Gasteiger partial charge in [-0.15, -0.1) is 0 Å².